The Kier molecular flexibility index (Phi) is 8.78. The molecule has 1 N–H and O–H groups in total. The molecule has 8 heteroatoms. The Balaban J connectivity index is 1.60. The van der Waals surface area contributed by atoms with Gasteiger partial charge in [0.05, 0.1) is 39.9 Å². The highest BCUT2D eigenvalue weighted by atomic mass is 32.2. The fourth-order valence-electron chi connectivity index (χ4n) is 3.82. The molecular weight excluding hydrogens is 446 g/mol. The van der Waals surface area contributed by atoms with E-state index >= 15 is 0 Å². The Morgan fingerprint density at radius 1 is 1.12 bits per heavy atom. The summed E-state index contributed by atoms with van der Waals surface area (Å²) in [7, 11) is 4.69. The second-order valence-electron chi connectivity index (χ2n) is 7.61. The van der Waals surface area contributed by atoms with Gasteiger partial charge in [-0.1, -0.05) is 54.3 Å². The fraction of sp³-hybridized carbons (Fsp3) is 0.417. The van der Waals surface area contributed by atoms with Gasteiger partial charge in [-0.2, -0.15) is 0 Å². The van der Waals surface area contributed by atoms with Gasteiger partial charge in [-0.3, -0.25) is 9.69 Å². The molecule has 0 aliphatic carbocycles. The molecule has 0 unspecified atom stereocenters. The molecule has 2 aromatic rings. The summed E-state index contributed by atoms with van der Waals surface area (Å²) in [6.45, 7) is 0. The van der Waals surface area contributed by atoms with E-state index < -0.39 is 6.10 Å². The number of aliphatic hydroxyl groups is 1. The van der Waals surface area contributed by atoms with Gasteiger partial charge < -0.3 is 19.3 Å². The fourth-order valence-corrected chi connectivity index (χ4v) is 5.26. The molecule has 6 nitrogen and oxygen atoms in total. The third-order valence-corrected chi connectivity index (χ3v) is 6.99. The minimum atomic E-state index is -0.771. The maximum atomic E-state index is 13.0. The van der Waals surface area contributed by atoms with Gasteiger partial charge >= 0.3 is 0 Å². The number of thioether (sulfide) groups is 1. The van der Waals surface area contributed by atoms with Crippen LogP contribution in [-0.2, 0) is 17.6 Å². The summed E-state index contributed by atoms with van der Waals surface area (Å²) >= 11 is 6.96. The van der Waals surface area contributed by atoms with Crippen molar-refractivity contribution in [3.63, 3.8) is 0 Å². The van der Waals surface area contributed by atoms with Crippen molar-refractivity contribution in [1.82, 2.24) is 4.90 Å². The molecule has 172 valence electrons. The molecule has 2 aromatic carbocycles. The SMILES string of the molecule is COc1cc(CC[C@H](O)CC(=O)N2C(=S)SC[C@@H]2Cc2ccccc2)cc(OC)c1OC. The zero-order chi connectivity index (χ0) is 23.1. The van der Waals surface area contributed by atoms with Crippen LogP contribution in [-0.4, -0.2) is 59.5 Å². The predicted molar refractivity (Wildman–Crippen MR) is 131 cm³/mol. The van der Waals surface area contributed by atoms with Crippen LogP contribution in [0.4, 0.5) is 0 Å². The third kappa shape index (κ3) is 5.94. The van der Waals surface area contributed by atoms with Crippen LogP contribution in [0.15, 0.2) is 42.5 Å². The van der Waals surface area contributed by atoms with E-state index in [-0.39, 0.29) is 18.4 Å². The number of methoxy groups -OCH3 is 3. The third-order valence-electron chi connectivity index (χ3n) is 5.44. The second kappa shape index (κ2) is 11.5. The van der Waals surface area contributed by atoms with Crippen molar-refractivity contribution in [1.29, 1.82) is 0 Å². The number of hydrogen-bond acceptors (Lipinski definition) is 7. The van der Waals surface area contributed by atoms with Crippen LogP contribution >= 0.6 is 24.0 Å². The van der Waals surface area contributed by atoms with Gasteiger partial charge in [0.1, 0.15) is 4.32 Å². The zero-order valence-electron chi connectivity index (χ0n) is 18.6. The number of hydrogen-bond donors (Lipinski definition) is 1. The summed E-state index contributed by atoms with van der Waals surface area (Å²) in [6.07, 6.45) is 1.02. The van der Waals surface area contributed by atoms with Crippen LogP contribution in [0.5, 0.6) is 17.2 Å². The molecule has 1 amide bonds. The van der Waals surface area contributed by atoms with Crippen molar-refractivity contribution in [3.8, 4) is 17.2 Å². The number of rotatable bonds is 10. The molecule has 1 fully saturated rings. The van der Waals surface area contributed by atoms with Gasteiger partial charge in [0, 0.05) is 5.75 Å². The normalized spacial score (nSPS) is 16.7. The lowest BCUT2D eigenvalue weighted by Gasteiger charge is -2.25. The number of ether oxygens (including phenoxy) is 3. The lowest BCUT2D eigenvalue weighted by Crippen LogP contribution is -2.41. The average Bonchev–Trinajstić information content (AvgIpc) is 3.17. The van der Waals surface area contributed by atoms with Gasteiger partial charge in [0.15, 0.2) is 11.5 Å². The monoisotopic (exact) mass is 475 g/mol. The van der Waals surface area contributed by atoms with Crippen LogP contribution in [0.2, 0.25) is 0 Å². The molecule has 0 aromatic heterocycles. The smallest absolute Gasteiger partial charge is 0.230 e. The maximum absolute atomic E-state index is 13.0. The van der Waals surface area contributed by atoms with E-state index in [1.165, 1.54) is 17.3 Å². The Morgan fingerprint density at radius 3 is 2.38 bits per heavy atom. The Labute approximate surface area is 198 Å². The van der Waals surface area contributed by atoms with Crippen LogP contribution < -0.4 is 14.2 Å². The first-order valence-corrected chi connectivity index (χ1v) is 11.9. The number of amides is 1. The first kappa shape index (κ1) is 24.4. The van der Waals surface area contributed by atoms with E-state index in [2.05, 4.69) is 12.1 Å². The Bertz CT molecular complexity index is 912. The summed E-state index contributed by atoms with van der Waals surface area (Å²) < 4.78 is 16.7. The topological polar surface area (TPSA) is 68.2 Å². The number of carbonyl (C=O) groups is 1. The predicted octanol–water partition coefficient (Wildman–Crippen LogP) is 3.87. The van der Waals surface area contributed by atoms with Crippen LogP contribution in [0.25, 0.3) is 0 Å². The van der Waals surface area contributed by atoms with Crippen molar-refractivity contribution in [2.45, 2.75) is 37.8 Å². The molecule has 3 rings (SSSR count). The van der Waals surface area contributed by atoms with E-state index in [9.17, 15) is 9.90 Å². The van der Waals surface area contributed by atoms with Crippen molar-refractivity contribution in [2.75, 3.05) is 27.1 Å². The molecule has 0 saturated carbocycles. The van der Waals surface area contributed by atoms with E-state index in [1.807, 2.05) is 30.3 Å². The number of nitrogens with zero attached hydrogens (tertiary/aromatic N) is 1. The second-order valence-corrected chi connectivity index (χ2v) is 9.27. The number of thiocarbonyl (C=S) groups is 1. The van der Waals surface area contributed by atoms with Crippen molar-refractivity contribution in [2.24, 2.45) is 0 Å². The molecule has 2 atom stereocenters. The summed E-state index contributed by atoms with van der Waals surface area (Å²) in [6, 6.07) is 13.8. The number of aryl methyl sites for hydroxylation is 1. The minimum Gasteiger partial charge on any atom is -0.493 e. The lowest BCUT2D eigenvalue weighted by atomic mass is 10.0. The molecule has 1 aliphatic heterocycles. The molecular formula is C24H29NO5S2. The van der Waals surface area contributed by atoms with Crippen LogP contribution in [0.3, 0.4) is 0 Å². The summed E-state index contributed by atoms with van der Waals surface area (Å²) in [5.74, 6) is 2.31. The molecule has 1 aliphatic rings. The van der Waals surface area contributed by atoms with Gasteiger partial charge in [-0.25, -0.2) is 0 Å². The standard InChI is InChI=1S/C24H29NO5S2/c1-28-20-12-17(13-21(29-2)23(20)30-3)9-10-19(26)14-22(27)25-18(15-32-24(25)31)11-16-7-5-4-6-8-16/h4-8,12-13,18-19,26H,9-11,14-15H2,1-3H3/t18-,19-/m0/s1. The van der Waals surface area contributed by atoms with E-state index in [0.717, 1.165) is 17.7 Å². The van der Waals surface area contributed by atoms with E-state index in [4.69, 9.17) is 26.4 Å². The van der Waals surface area contributed by atoms with Gasteiger partial charge in [0.25, 0.3) is 0 Å². The maximum Gasteiger partial charge on any atom is 0.230 e. The number of carbonyl (C=O) groups excluding carboxylic acids is 1. The minimum absolute atomic E-state index is 0.0183. The summed E-state index contributed by atoms with van der Waals surface area (Å²) in [5, 5.41) is 10.6. The highest BCUT2D eigenvalue weighted by Gasteiger charge is 2.34. The average molecular weight is 476 g/mol. The molecule has 32 heavy (non-hydrogen) atoms. The highest BCUT2D eigenvalue weighted by molar-refractivity contribution is 8.23. The number of benzene rings is 2. The Morgan fingerprint density at radius 2 is 1.78 bits per heavy atom. The molecule has 0 bridgehead atoms. The quantitative estimate of drug-likeness (QED) is 0.523. The Hall–Kier alpha value is -2.29. The summed E-state index contributed by atoms with van der Waals surface area (Å²) in [5.41, 5.74) is 2.10. The van der Waals surface area contributed by atoms with E-state index in [1.54, 1.807) is 26.2 Å². The van der Waals surface area contributed by atoms with Crippen molar-refractivity contribution < 1.29 is 24.1 Å². The number of aliphatic hydroxyl groups excluding tert-OH is 1. The van der Waals surface area contributed by atoms with Gasteiger partial charge in [0.2, 0.25) is 11.7 Å². The van der Waals surface area contributed by atoms with Crippen LogP contribution in [0.1, 0.15) is 24.0 Å². The zero-order valence-corrected chi connectivity index (χ0v) is 20.2. The molecule has 1 heterocycles. The van der Waals surface area contributed by atoms with Gasteiger partial charge in [-0.15, -0.1) is 0 Å². The first-order chi connectivity index (χ1) is 15.5. The molecule has 1 saturated heterocycles. The van der Waals surface area contributed by atoms with Crippen LogP contribution in [0, 0.1) is 0 Å². The highest BCUT2D eigenvalue weighted by Crippen LogP contribution is 2.38. The van der Waals surface area contributed by atoms with E-state index in [0.29, 0.717) is 34.4 Å². The largest absolute Gasteiger partial charge is 0.493 e. The van der Waals surface area contributed by atoms with Crippen molar-refractivity contribution in [3.05, 3.63) is 53.6 Å². The summed E-state index contributed by atoms with van der Waals surface area (Å²) in [4.78, 5) is 14.7. The molecule has 0 spiro atoms. The molecule has 0 radical (unpaired) electrons. The first-order valence-electron chi connectivity index (χ1n) is 10.5. The van der Waals surface area contributed by atoms with Crippen molar-refractivity contribution >= 4 is 34.2 Å². The van der Waals surface area contributed by atoms with Gasteiger partial charge in [-0.05, 0) is 42.5 Å². The lowest BCUT2D eigenvalue weighted by molar-refractivity contribution is -0.130.